The minimum Gasteiger partial charge on any atom is -0.468 e. The first-order valence-electron chi connectivity index (χ1n) is 6.10. The molecule has 0 aliphatic carbocycles. The zero-order valence-electron chi connectivity index (χ0n) is 10.4. The van der Waals surface area contributed by atoms with E-state index < -0.39 is 0 Å². The van der Waals surface area contributed by atoms with Crippen LogP contribution in [0.15, 0.2) is 22.7 Å². The van der Waals surface area contributed by atoms with E-state index in [1.54, 1.807) is 0 Å². The zero-order chi connectivity index (χ0) is 12.9. The van der Waals surface area contributed by atoms with Crippen LogP contribution < -0.4 is 10.1 Å². The van der Waals surface area contributed by atoms with Gasteiger partial charge in [-0.2, -0.15) is 0 Å². The lowest BCUT2D eigenvalue weighted by Crippen LogP contribution is -2.64. The molecular weight excluding hydrogens is 312 g/mol. The van der Waals surface area contributed by atoms with Crippen LogP contribution in [0.25, 0.3) is 0 Å². The average molecular weight is 327 g/mol. The maximum absolute atomic E-state index is 6.20. The number of nitrogens with zero attached hydrogens (tertiary/aromatic N) is 1. The fourth-order valence-electron chi connectivity index (χ4n) is 2.87. The van der Waals surface area contributed by atoms with E-state index in [2.05, 4.69) is 46.1 Å². The van der Waals surface area contributed by atoms with Crippen LogP contribution in [0, 0.1) is 0 Å². The number of nitrogens with one attached hydrogen (secondary N) is 1. The highest BCUT2D eigenvalue weighted by Gasteiger charge is 2.46. The van der Waals surface area contributed by atoms with Crippen LogP contribution in [0.2, 0.25) is 0 Å². The number of ether oxygens (including phenoxy) is 1. The summed E-state index contributed by atoms with van der Waals surface area (Å²) in [6.45, 7) is 5.06. The van der Waals surface area contributed by atoms with Crippen LogP contribution in [0.4, 0.5) is 0 Å². The van der Waals surface area contributed by atoms with Crippen molar-refractivity contribution < 1.29 is 4.74 Å². The topological polar surface area (TPSA) is 24.5 Å². The van der Waals surface area contributed by atoms with Crippen molar-refractivity contribution in [3.63, 3.8) is 0 Å². The molecule has 18 heavy (non-hydrogen) atoms. The van der Waals surface area contributed by atoms with E-state index >= 15 is 0 Å². The quantitative estimate of drug-likeness (QED) is 0.801. The van der Waals surface area contributed by atoms with Gasteiger partial charge in [-0.25, -0.2) is 0 Å². The number of rotatable bonds is 1. The average Bonchev–Trinajstić information content (AvgIpc) is 2.30. The highest BCUT2D eigenvalue weighted by molar-refractivity contribution is 9.10. The molecule has 0 unspecified atom stereocenters. The third kappa shape index (κ3) is 1.72. The first kappa shape index (κ1) is 12.2. The molecule has 0 radical (unpaired) electrons. The fourth-order valence-corrected chi connectivity index (χ4v) is 3.71. The van der Waals surface area contributed by atoms with Crippen molar-refractivity contribution in [3.8, 4) is 5.75 Å². The molecule has 2 bridgehead atoms. The molecule has 1 saturated heterocycles. The van der Waals surface area contributed by atoms with Crippen molar-refractivity contribution in [1.29, 1.82) is 0 Å². The highest BCUT2D eigenvalue weighted by atomic mass is 79.9. The molecule has 3 nitrogen and oxygen atoms in total. The van der Waals surface area contributed by atoms with E-state index in [0.29, 0.717) is 0 Å². The smallest absolute Gasteiger partial charge is 0.184 e. The van der Waals surface area contributed by atoms with Gasteiger partial charge in [-0.15, -0.1) is 0 Å². The normalized spacial score (nSPS) is 29.4. The Labute approximate surface area is 121 Å². The lowest BCUT2D eigenvalue weighted by atomic mass is 9.91. The monoisotopic (exact) mass is 326 g/mol. The summed E-state index contributed by atoms with van der Waals surface area (Å²) in [5.74, 6) is 0.949. The molecule has 1 aromatic rings. The SMILES string of the molecule is CCN1C(=S)N[C@@H]2C[C@@]1(C)Oc1ccc(Br)cc12. The molecule has 3 rings (SSSR count). The summed E-state index contributed by atoms with van der Waals surface area (Å²) >= 11 is 8.95. The Morgan fingerprint density at radius 1 is 1.61 bits per heavy atom. The summed E-state index contributed by atoms with van der Waals surface area (Å²) in [7, 11) is 0. The molecule has 1 N–H and O–H groups in total. The molecule has 0 spiro atoms. The van der Waals surface area contributed by atoms with Gasteiger partial charge in [0.05, 0.1) is 6.04 Å². The fraction of sp³-hybridized carbons (Fsp3) is 0.462. The van der Waals surface area contributed by atoms with Gasteiger partial charge in [-0.3, -0.25) is 0 Å². The van der Waals surface area contributed by atoms with Gasteiger partial charge in [-0.05, 0) is 44.3 Å². The van der Waals surface area contributed by atoms with E-state index in [1.165, 1.54) is 5.56 Å². The van der Waals surface area contributed by atoms with Crippen molar-refractivity contribution in [1.82, 2.24) is 10.2 Å². The minimum absolute atomic E-state index is 0.242. The van der Waals surface area contributed by atoms with Gasteiger partial charge in [0.15, 0.2) is 10.8 Å². The number of hydrogen-bond donors (Lipinski definition) is 1. The molecule has 5 heteroatoms. The Balaban J connectivity index is 2.08. The third-order valence-corrected chi connectivity index (χ3v) is 4.52. The molecule has 2 atom stereocenters. The van der Waals surface area contributed by atoms with Crippen molar-refractivity contribution in [2.45, 2.75) is 32.0 Å². The molecule has 1 aromatic carbocycles. The Hall–Kier alpha value is -0.810. The number of thiocarbonyl (C=S) groups is 1. The Morgan fingerprint density at radius 3 is 3.11 bits per heavy atom. The van der Waals surface area contributed by atoms with Crippen LogP contribution in [-0.4, -0.2) is 22.3 Å². The molecule has 0 amide bonds. The summed E-state index contributed by atoms with van der Waals surface area (Å²) in [5.41, 5.74) is 0.850. The minimum atomic E-state index is -0.331. The largest absolute Gasteiger partial charge is 0.468 e. The van der Waals surface area contributed by atoms with Crippen molar-refractivity contribution in [2.24, 2.45) is 0 Å². The Morgan fingerprint density at radius 2 is 2.39 bits per heavy atom. The van der Waals surface area contributed by atoms with Crippen LogP contribution in [0.3, 0.4) is 0 Å². The lowest BCUT2D eigenvalue weighted by molar-refractivity contribution is -0.0658. The van der Waals surface area contributed by atoms with E-state index in [1.807, 2.05) is 12.1 Å². The molecule has 96 valence electrons. The standard InChI is InChI=1S/C13H15BrN2OS/c1-3-16-12(18)15-10-7-13(16,2)17-11-5-4-8(14)6-9(10)11/h4-6,10H,3,7H2,1-2H3,(H,15,18)/t10-,13-/m1/s1. The van der Waals surface area contributed by atoms with Crippen LogP contribution in [-0.2, 0) is 0 Å². The van der Waals surface area contributed by atoms with E-state index in [0.717, 1.165) is 28.3 Å². The molecule has 0 aromatic heterocycles. The van der Waals surface area contributed by atoms with Crippen LogP contribution >= 0.6 is 28.1 Å². The van der Waals surface area contributed by atoms with Gasteiger partial charge >= 0.3 is 0 Å². The molecule has 2 aliphatic heterocycles. The second-order valence-corrected chi connectivity index (χ2v) is 6.21. The van der Waals surface area contributed by atoms with Gasteiger partial charge < -0.3 is 15.0 Å². The number of hydrogen-bond acceptors (Lipinski definition) is 2. The number of fused-ring (bicyclic) bond motifs is 4. The van der Waals surface area contributed by atoms with Gasteiger partial charge in [0.25, 0.3) is 0 Å². The summed E-state index contributed by atoms with van der Waals surface area (Å²) in [6.07, 6.45) is 0.907. The Kier molecular flexibility index (Phi) is 2.79. The number of halogens is 1. The second-order valence-electron chi connectivity index (χ2n) is 4.91. The Bertz CT molecular complexity index is 522. The summed E-state index contributed by atoms with van der Waals surface area (Å²) < 4.78 is 7.27. The maximum atomic E-state index is 6.20. The first-order valence-corrected chi connectivity index (χ1v) is 7.30. The molecule has 2 heterocycles. The summed E-state index contributed by atoms with van der Waals surface area (Å²) in [4.78, 5) is 2.11. The first-order chi connectivity index (χ1) is 8.53. The van der Waals surface area contributed by atoms with E-state index in [4.69, 9.17) is 17.0 Å². The van der Waals surface area contributed by atoms with E-state index in [-0.39, 0.29) is 11.8 Å². The van der Waals surface area contributed by atoms with Crippen LogP contribution in [0.1, 0.15) is 31.9 Å². The second kappa shape index (κ2) is 4.10. The highest BCUT2D eigenvalue weighted by Crippen LogP contribution is 2.44. The number of benzene rings is 1. The van der Waals surface area contributed by atoms with Gasteiger partial charge in [0, 0.05) is 23.0 Å². The lowest BCUT2D eigenvalue weighted by Gasteiger charge is -2.52. The predicted octanol–water partition coefficient (Wildman–Crippen LogP) is 3.20. The maximum Gasteiger partial charge on any atom is 0.184 e. The van der Waals surface area contributed by atoms with E-state index in [9.17, 15) is 0 Å². The molecule has 1 fully saturated rings. The molecular formula is C13H15BrN2OS. The summed E-state index contributed by atoms with van der Waals surface area (Å²) in [6, 6.07) is 6.38. The van der Waals surface area contributed by atoms with Crippen molar-refractivity contribution >= 4 is 33.3 Å². The van der Waals surface area contributed by atoms with Crippen LogP contribution in [0.5, 0.6) is 5.75 Å². The summed E-state index contributed by atoms with van der Waals surface area (Å²) in [5, 5.41) is 4.19. The predicted molar refractivity (Wildman–Crippen MR) is 78.6 cm³/mol. The third-order valence-electron chi connectivity index (χ3n) is 3.69. The van der Waals surface area contributed by atoms with Gasteiger partial charge in [-0.1, -0.05) is 15.9 Å². The molecule has 2 aliphatic rings. The van der Waals surface area contributed by atoms with Gasteiger partial charge in [0.2, 0.25) is 0 Å². The molecule has 0 saturated carbocycles. The van der Waals surface area contributed by atoms with Crippen molar-refractivity contribution in [3.05, 3.63) is 28.2 Å². The zero-order valence-corrected chi connectivity index (χ0v) is 12.8. The van der Waals surface area contributed by atoms with Gasteiger partial charge in [0.1, 0.15) is 5.75 Å². The van der Waals surface area contributed by atoms with Crippen molar-refractivity contribution in [2.75, 3.05) is 6.54 Å².